The van der Waals surface area contributed by atoms with Crippen LogP contribution in [-0.4, -0.2) is 50.2 Å². The van der Waals surface area contributed by atoms with Crippen LogP contribution in [0.2, 0.25) is 0 Å². The van der Waals surface area contributed by atoms with Crippen LogP contribution in [0.25, 0.3) is 0 Å². The standard InChI is InChI=1S/C12H22N2O2/c1-12(4-6-13-7-5-12)11(15)14(2)10-3-8-16-9-10/h10,13H,3-9H2,1-2H3. The van der Waals surface area contributed by atoms with Gasteiger partial charge in [0.1, 0.15) is 0 Å². The van der Waals surface area contributed by atoms with Crippen molar-refractivity contribution in [1.29, 1.82) is 0 Å². The Hall–Kier alpha value is -0.610. The first kappa shape index (κ1) is 11.9. The van der Waals surface area contributed by atoms with Gasteiger partial charge in [-0.3, -0.25) is 4.79 Å². The molecule has 2 aliphatic rings. The van der Waals surface area contributed by atoms with Crippen LogP contribution in [-0.2, 0) is 9.53 Å². The third kappa shape index (κ3) is 2.23. The number of rotatable bonds is 2. The maximum atomic E-state index is 12.4. The van der Waals surface area contributed by atoms with Gasteiger partial charge >= 0.3 is 0 Å². The van der Waals surface area contributed by atoms with E-state index in [-0.39, 0.29) is 5.41 Å². The number of likely N-dealkylation sites (N-methyl/N-ethyl adjacent to an activating group) is 1. The fourth-order valence-electron chi connectivity index (χ4n) is 2.61. The zero-order valence-corrected chi connectivity index (χ0v) is 10.3. The van der Waals surface area contributed by atoms with Crippen LogP contribution in [0.3, 0.4) is 0 Å². The molecule has 2 heterocycles. The Morgan fingerprint density at radius 1 is 1.44 bits per heavy atom. The van der Waals surface area contributed by atoms with Gasteiger partial charge in [-0.05, 0) is 32.4 Å². The maximum Gasteiger partial charge on any atom is 0.228 e. The van der Waals surface area contributed by atoms with Gasteiger partial charge in [0.2, 0.25) is 5.91 Å². The zero-order chi connectivity index (χ0) is 11.6. The van der Waals surface area contributed by atoms with Crippen molar-refractivity contribution >= 4 is 5.91 Å². The first-order chi connectivity index (χ1) is 7.63. The summed E-state index contributed by atoms with van der Waals surface area (Å²) < 4.78 is 5.34. The lowest BCUT2D eigenvalue weighted by molar-refractivity contribution is -0.143. The predicted octanol–water partition coefficient (Wildman–Crippen LogP) is 0.623. The molecule has 16 heavy (non-hydrogen) atoms. The molecule has 1 atom stereocenters. The predicted molar refractivity (Wildman–Crippen MR) is 62.2 cm³/mol. The van der Waals surface area contributed by atoms with E-state index < -0.39 is 0 Å². The molecule has 4 heteroatoms. The summed E-state index contributed by atoms with van der Waals surface area (Å²) in [6.07, 6.45) is 2.88. The van der Waals surface area contributed by atoms with E-state index in [4.69, 9.17) is 4.74 Å². The smallest absolute Gasteiger partial charge is 0.228 e. The van der Waals surface area contributed by atoms with Crippen LogP contribution in [0.4, 0.5) is 0 Å². The number of hydrogen-bond acceptors (Lipinski definition) is 3. The van der Waals surface area contributed by atoms with Crippen molar-refractivity contribution in [3.8, 4) is 0 Å². The quantitative estimate of drug-likeness (QED) is 0.750. The number of carbonyl (C=O) groups is 1. The first-order valence-electron chi connectivity index (χ1n) is 6.19. The van der Waals surface area contributed by atoms with Crippen molar-refractivity contribution in [2.75, 3.05) is 33.4 Å². The highest BCUT2D eigenvalue weighted by Crippen LogP contribution is 2.31. The van der Waals surface area contributed by atoms with Crippen molar-refractivity contribution in [3.05, 3.63) is 0 Å². The van der Waals surface area contributed by atoms with Gasteiger partial charge in [0, 0.05) is 19.1 Å². The topological polar surface area (TPSA) is 41.6 Å². The lowest BCUT2D eigenvalue weighted by atomic mass is 9.79. The van der Waals surface area contributed by atoms with E-state index in [2.05, 4.69) is 12.2 Å². The second-order valence-corrected chi connectivity index (χ2v) is 5.24. The number of hydrogen-bond donors (Lipinski definition) is 1. The fourth-order valence-corrected chi connectivity index (χ4v) is 2.61. The third-order valence-electron chi connectivity index (χ3n) is 4.00. The molecule has 2 rings (SSSR count). The third-order valence-corrected chi connectivity index (χ3v) is 4.00. The first-order valence-corrected chi connectivity index (χ1v) is 6.19. The molecule has 2 fully saturated rings. The minimum absolute atomic E-state index is 0.164. The molecular formula is C12H22N2O2. The molecular weight excluding hydrogens is 204 g/mol. The average molecular weight is 226 g/mol. The summed E-state index contributed by atoms with van der Waals surface area (Å²) in [5.41, 5.74) is -0.164. The molecule has 1 amide bonds. The molecule has 0 aromatic rings. The van der Waals surface area contributed by atoms with Crippen molar-refractivity contribution in [1.82, 2.24) is 10.2 Å². The van der Waals surface area contributed by atoms with E-state index in [9.17, 15) is 4.79 Å². The van der Waals surface area contributed by atoms with Gasteiger partial charge < -0.3 is 15.0 Å². The van der Waals surface area contributed by atoms with E-state index in [1.807, 2.05) is 11.9 Å². The summed E-state index contributed by atoms with van der Waals surface area (Å²) in [6.45, 7) is 5.51. The molecule has 92 valence electrons. The molecule has 0 spiro atoms. The van der Waals surface area contributed by atoms with E-state index in [0.29, 0.717) is 18.6 Å². The number of nitrogens with one attached hydrogen (secondary N) is 1. The number of nitrogens with zero attached hydrogens (tertiary/aromatic N) is 1. The highest BCUT2D eigenvalue weighted by molar-refractivity contribution is 5.82. The van der Waals surface area contributed by atoms with Crippen molar-refractivity contribution in [2.24, 2.45) is 5.41 Å². The molecule has 0 bridgehead atoms. The number of amides is 1. The average Bonchev–Trinajstić information content (AvgIpc) is 2.81. The summed E-state index contributed by atoms with van der Waals surface area (Å²) in [5.74, 6) is 0.296. The monoisotopic (exact) mass is 226 g/mol. The molecule has 2 aliphatic heterocycles. The van der Waals surface area contributed by atoms with Crippen molar-refractivity contribution in [3.63, 3.8) is 0 Å². The molecule has 0 aromatic heterocycles. The lowest BCUT2D eigenvalue weighted by Gasteiger charge is -2.37. The van der Waals surface area contributed by atoms with E-state index >= 15 is 0 Å². The minimum atomic E-state index is -0.164. The summed E-state index contributed by atoms with van der Waals surface area (Å²) >= 11 is 0. The molecule has 0 radical (unpaired) electrons. The number of ether oxygens (including phenoxy) is 1. The molecule has 0 saturated carbocycles. The Morgan fingerprint density at radius 2 is 2.12 bits per heavy atom. The Balaban J connectivity index is 1.99. The van der Waals surface area contributed by atoms with Gasteiger partial charge in [-0.2, -0.15) is 0 Å². The second kappa shape index (κ2) is 4.72. The van der Waals surface area contributed by atoms with Crippen LogP contribution in [0, 0.1) is 5.41 Å². The fraction of sp³-hybridized carbons (Fsp3) is 0.917. The Bertz CT molecular complexity index is 256. The molecule has 1 unspecified atom stereocenters. The zero-order valence-electron chi connectivity index (χ0n) is 10.3. The van der Waals surface area contributed by atoms with Crippen LogP contribution in [0.15, 0.2) is 0 Å². The van der Waals surface area contributed by atoms with E-state index in [1.165, 1.54) is 0 Å². The Labute approximate surface area is 97.3 Å². The van der Waals surface area contributed by atoms with Gasteiger partial charge in [-0.15, -0.1) is 0 Å². The molecule has 1 N–H and O–H groups in total. The maximum absolute atomic E-state index is 12.4. The van der Waals surface area contributed by atoms with Crippen molar-refractivity contribution < 1.29 is 9.53 Å². The van der Waals surface area contributed by atoms with Gasteiger partial charge in [0.05, 0.1) is 12.6 Å². The Morgan fingerprint density at radius 3 is 2.69 bits per heavy atom. The largest absolute Gasteiger partial charge is 0.379 e. The van der Waals surface area contributed by atoms with Crippen molar-refractivity contribution in [2.45, 2.75) is 32.2 Å². The highest BCUT2D eigenvalue weighted by atomic mass is 16.5. The molecule has 0 aromatic carbocycles. The van der Waals surface area contributed by atoms with Gasteiger partial charge in [0.25, 0.3) is 0 Å². The normalized spacial score (nSPS) is 29.0. The summed E-state index contributed by atoms with van der Waals surface area (Å²) in [7, 11) is 1.93. The molecule has 2 saturated heterocycles. The lowest BCUT2D eigenvalue weighted by Crippen LogP contribution is -2.49. The van der Waals surface area contributed by atoms with Crippen LogP contribution < -0.4 is 5.32 Å². The van der Waals surface area contributed by atoms with E-state index in [0.717, 1.165) is 39.0 Å². The summed E-state index contributed by atoms with van der Waals surface area (Å²) in [5, 5.41) is 3.31. The number of carbonyl (C=O) groups excluding carboxylic acids is 1. The molecule has 4 nitrogen and oxygen atoms in total. The van der Waals surface area contributed by atoms with Crippen LogP contribution in [0.1, 0.15) is 26.2 Å². The van der Waals surface area contributed by atoms with E-state index in [1.54, 1.807) is 0 Å². The van der Waals surface area contributed by atoms with Gasteiger partial charge in [0.15, 0.2) is 0 Å². The summed E-state index contributed by atoms with van der Waals surface area (Å²) in [4.78, 5) is 14.4. The minimum Gasteiger partial charge on any atom is -0.379 e. The second-order valence-electron chi connectivity index (χ2n) is 5.24. The van der Waals surface area contributed by atoms with Gasteiger partial charge in [-0.25, -0.2) is 0 Å². The molecule has 0 aliphatic carbocycles. The number of piperidine rings is 1. The van der Waals surface area contributed by atoms with Gasteiger partial charge in [-0.1, -0.05) is 6.92 Å². The van der Waals surface area contributed by atoms with Crippen LogP contribution in [0.5, 0.6) is 0 Å². The highest BCUT2D eigenvalue weighted by Gasteiger charge is 2.39. The summed E-state index contributed by atoms with van der Waals surface area (Å²) in [6, 6.07) is 0.291. The Kier molecular flexibility index (Phi) is 3.50. The van der Waals surface area contributed by atoms with Crippen LogP contribution >= 0.6 is 0 Å². The SMILES string of the molecule is CN(C(=O)C1(C)CCNCC1)C1CCOC1.